The van der Waals surface area contributed by atoms with Crippen LogP contribution in [0.3, 0.4) is 0 Å². The van der Waals surface area contributed by atoms with E-state index >= 15 is 0 Å². The number of hydrogen-bond acceptors (Lipinski definition) is 5. The van der Waals surface area contributed by atoms with E-state index < -0.39 is 0 Å². The zero-order valence-corrected chi connectivity index (χ0v) is 20.6. The molecule has 37 heavy (non-hydrogen) atoms. The van der Waals surface area contributed by atoms with Crippen molar-refractivity contribution in [2.45, 2.75) is 19.5 Å². The maximum atomic E-state index is 13.2. The number of carbonyl (C=O) groups excluding carboxylic acids is 2. The van der Waals surface area contributed by atoms with E-state index in [1.807, 2.05) is 19.1 Å². The summed E-state index contributed by atoms with van der Waals surface area (Å²) in [6.45, 7) is 6.02. The minimum absolute atomic E-state index is 0.232. The molecule has 1 saturated heterocycles. The number of halogens is 1. The first-order valence-corrected chi connectivity index (χ1v) is 12.3. The van der Waals surface area contributed by atoms with Gasteiger partial charge in [0.15, 0.2) is 0 Å². The molecule has 1 fully saturated rings. The van der Waals surface area contributed by atoms with E-state index in [1.165, 1.54) is 17.7 Å². The first kappa shape index (κ1) is 24.7. The maximum Gasteiger partial charge on any atom is 0.257 e. The molecule has 190 valence electrons. The summed E-state index contributed by atoms with van der Waals surface area (Å²) in [5.74, 6) is -0.832. The van der Waals surface area contributed by atoms with Crippen molar-refractivity contribution >= 4 is 28.8 Å². The van der Waals surface area contributed by atoms with E-state index in [0.717, 1.165) is 44.1 Å². The van der Waals surface area contributed by atoms with Gasteiger partial charge in [0.05, 0.1) is 24.8 Å². The van der Waals surface area contributed by atoms with Gasteiger partial charge in [-0.25, -0.2) is 4.39 Å². The second-order valence-corrected chi connectivity index (χ2v) is 9.25. The molecule has 7 nitrogen and oxygen atoms in total. The van der Waals surface area contributed by atoms with Crippen LogP contribution in [0.15, 0.2) is 72.9 Å². The van der Waals surface area contributed by atoms with Crippen molar-refractivity contribution in [1.29, 1.82) is 0 Å². The molecule has 0 radical (unpaired) electrons. The van der Waals surface area contributed by atoms with Crippen LogP contribution in [0.1, 0.15) is 40.0 Å². The maximum absolute atomic E-state index is 13.2. The van der Waals surface area contributed by atoms with Gasteiger partial charge >= 0.3 is 0 Å². The molecular weight excluding hydrogens is 471 g/mol. The molecule has 2 amide bonds. The summed E-state index contributed by atoms with van der Waals surface area (Å²) in [6, 6.07) is 18.9. The van der Waals surface area contributed by atoms with Gasteiger partial charge in [0.1, 0.15) is 5.82 Å². The van der Waals surface area contributed by atoms with Gasteiger partial charge in [-0.2, -0.15) is 0 Å². The van der Waals surface area contributed by atoms with Crippen molar-refractivity contribution in [3.63, 3.8) is 0 Å². The second-order valence-electron chi connectivity index (χ2n) is 9.25. The van der Waals surface area contributed by atoms with Gasteiger partial charge < -0.3 is 20.7 Å². The molecule has 8 heteroatoms. The van der Waals surface area contributed by atoms with Crippen LogP contribution in [0.5, 0.6) is 0 Å². The van der Waals surface area contributed by atoms with Crippen LogP contribution in [0, 0.1) is 5.82 Å². The quantitative estimate of drug-likeness (QED) is 0.415. The molecule has 3 aromatic carbocycles. The summed E-state index contributed by atoms with van der Waals surface area (Å²) >= 11 is 0. The molecule has 2 aliphatic rings. The smallest absolute Gasteiger partial charge is 0.257 e. The van der Waals surface area contributed by atoms with Crippen LogP contribution in [0.2, 0.25) is 0 Å². The number of fused-ring (bicyclic) bond motifs is 1. The standard InChI is InChI=1S/C29H29FN4O3/c1-19(21-5-8-23(30)9-6-21)32-28(35)22-7-10-27-25(16-22)26(29(36)33-27)17-31-24-4-2-3-20(15-24)18-34-11-13-37-14-12-34/h2-10,15-17,19,31H,11-14,18H2,1H3,(H,32,35)(H,33,36)/b26-17-. The lowest BCUT2D eigenvalue weighted by Gasteiger charge is -2.26. The lowest BCUT2D eigenvalue weighted by atomic mass is 10.0. The van der Waals surface area contributed by atoms with E-state index in [4.69, 9.17) is 4.74 Å². The lowest BCUT2D eigenvalue weighted by Crippen LogP contribution is -2.35. The number of ether oxygens (including phenoxy) is 1. The molecule has 0 aromatic heterocycles. The second kappa shape index (κ2) is 10.9. The van der Waals surface area contributed by atoms with E-state index in [2.05, 4.69) is 33.0 Å². The van der Waals surface area contributed by atoms with Gasteiger partial charge in [-0.1, -0.05) is 24.3 Å². The minimum Gasteiger partial charge on any atom is -0.379 e. The number of amides is 2. The highest BCUT2D eigenvalue weighted by atomic mass is 19.1. The molecule has 0 bridgehead atoms. The zero-order valence-electron chi connectivity index (χ0n) is 20.6. The van der Waals surface area contributed by atoms with Crippen molar-refractivity contribution in [3.8, 4) is 0 Å². The number of rotatable bonds is 7. The predicted octanol–water partition coefficient (Wildman–Crippen LogP) is 4.55. The molecule has 1 atom stereocenters. The van der Waals surface area contributed by atoms with Crippen LogP contribution >= 0.6 is 0 Å². The van der Waals surface area contributed by atoms with Gasteiger partial charge in [-0.05, 0) is 60.5 Å². The number of morpholine rings is 1. The van der Waals surface area contributed by atoms with E-state index in [9.17, 15) is 14.0 Å². The Kier molecular flexibility index (Phi) is 7.30. The first-order chi connectivity index (χ1) is 18.0. The SMILES string of the molecule is CC(NC(=O)c1ccc2c(c1)/C(=C/Nc1cccc(CN3CCOCC3)c1)C(=O)N2)c1ccc(F)cc1. The molecule has 3 aromatic rings. The van der Waals surface area contributed by atoms with Gasteiger partial charge in [0, 0.05) is 48.3 Å². The Balaban J connectivity index is 1.29. The summed E-state index contributed by atoms with van der Waals surface area (Å²) in [5.41, 5.74) is 5.05. The lowest BCUT2D eigenvalue weighted by molar-refractivity contribution is -0.110. The third kappa shape index (κ3) is 5.87. The summed E-state index contributed by atoms with van der Waals surface area (Å²) in [5, 5.41) is 9.03. The first-order valence-electron chi connectivity index (χ1n) is 12.3. The Morgan fingerprint density at radius 2 is 1.89 bits per heavy atom. The monoisotopic (exact) mass is 500 g/mol. The average Bonchev–Trinajstić information content (AvgIpc) is 3.22. The van der Waals surface area contributed by atoms with Crippen molar-refractivity contribution in [3.05, 3.63) is 101 Å². The Bertz CT molecular complexity index is 1330. The molecule has 0 saturated carbocycles. The summed E-state index contributed by atoms with van der Waals surface area (Å²) in [7, 11) is 0. The van der Waals surface area contributed by atoms with Crippen LogP contribution in [0.25, 0.3) is 5.57 Å². The predicted molar refractivity (Wildman–Crippen MR) is 141 cm³/mol. The van der Waals surface area contributed by atoms with Crippen LogP contribution in [-0.4, -0.2) is 43.0 Å². The molecule has 2 heterocycles. The number of benzene rings is 3. The Morgan fingerprint density at radius 3 is 2.68 bits per heavy atom. The number of hydrogen-bond donors (Lipinski definition) is 3. The van der Waals surface area contributed by atoms with Crippen LogP contribution < -0.4 is 16.0 Å². The highest BCUT2D eigenvalue weighted by Crippen LogP contribution is 2.33. The third-order valence-corrected chi connectivity index (χ3v) is 6.60. The molecule has 1 unspecified atom stereocenters. The van der Waals surface area contributed by atoms with E-state index in [-0.39, 0.29) is 23.7 Å². The number of anilines is 2. The van der Waals surface area contributed by atoms with Crippen molar-refractivity contribution in [2.75, 3.05) is 36.9 Å². The minimum atomic E-state index is -0.324. The average molecular weight is 501 g/mol. The Hall–Kier alpha value is -4.01. The molecule has 5 rings (SSSR count). The van der Waals surface area contributed by atoms with E-state index in [1.54, 1.807) is 36.5 Å². The summed E-state index contributed by atoms with van der Waals surface area (Å²) < 4.78 is 18.6. The molecular formula is C29H29FN4O3. The Labute approximate surface area is 215 Å². The molecule has 2 aliphatic heterocycles. The fraction of sp³-hybridized carbons (Fsp3) is 0.241. The summed E-state index contributed by atoms with van der Waals surface area (Å²) in [6.07, 6.45) is 1.68. The topological polar surface area (TPSA) is 82.7 Å². The van der Waals surface area contributed by atoms with E-state index in [0.29, 0.717) is 22.4 Å². The van der Waals surface area contributed by atoms with Gasteiger partial charge in [0.2, 0.25) is 0 Å². The van der Waals surface area contributed by atoms with Crippen molar-refractivity contribution < 1.29 is 18.7 Å². The third-order valence-electron chi connectivity index (χ3n) is 6.60. The highest BCUT2D eigenvalue weighted by molar-refractivity contribution is 6.32. The fourth-order valence-electron chi connectivity index (χ4n) is 4.52. The number of nitrogens with one attached hydrogen (secondary N) is 3. The van der Waals surface area contributed by atoms with Crippen LogP contribution in [-0.2, 0) is 16.1 Å². The Morgan fingerprint density at radius 1 is 1.11 bits per heavy atom. The van der Waals surface area contributed by atoms with Gasteiger partial charge in [-0.3, -0.25) is 14.5 Å². The van der Waals surface area contributed by atoms with Crippen LogP contribution in [0.4, 0.5) is 15.8 Å². The van der Waals surface area contributed by atoms with Gasteiger partial charge in [-0.15, -0.1) is 0 Å². The summed E-state index contributed by atoms with van der Waals surface area (Å²) in [4.78, 5) is 28.0. The molecule has 0 aliphatic carbocycles. The van der Waals surface area contributed by atoms with Crippen molar-refractivity contribution in [1.82, 2.24) is 10.2 Å². The van der Waals surface area contributed by atoms with Gasteiger partial charge in [0.25, 0.3) is 11.8 Å². The zero-order chi connectivity index (χ0) is 25.8. The normalized spacial score (nSPS) is 17.2. The number of nitrogens with zero attached hydrogens (tertiary/aromatic N) is 1. The molecule has 3 N–H and O–H groups in total. The highest BCUT2D eigenvalue weighted by Gasteiger charge is 2.25. The van der Waals surface area contributed by atoms with Crippen molar-refractivity contribution in [2.24, 2.45) is 0 Å². The molecule has 0 spiro atoms. The largest absolute Gasteiger partial charge is 0.379 e. The fourth-order valence-corrected chi connectivity index (χ4v) is 4.52. The number of carbonyl (C=O) groups is 2.